The molecule has 7 heteroatoms. The number of Topliss-reactive ketones (excluding diaryl/α,β-unsaturated/α-hetero) is 1. The van der Waals surface area contributed by atoms with Gasteiger partial charge >= 0.3 is 0 Å². The molecule has 0 saturated heterocycles. The van der Waals surface area contributed by atoms with Crippen LogP contribution >= 0.6 is 0 Å². The van der Waals surface area contributed by atoms with Crippen molar-refractivity contribution in [2.45, 2.75) is 39.0 Å². The van der Waals surface area contributed by atoms with E-state index in [1.54, 1.807) is 43.5 Å². The van der Waals surface area contributed by atoms with E-state index in [0.717, 1.165) is 22.4 Å². The Kier molecular flexibility index (Phi) is 9.63. The summed E-state index contributed by atoms with van der Waals surface area (Å²) in [6, 6.07) is 22.5. The number of ether oxygens (including phenoxy) is 2. The summed E-state index contributed by atoms with van der Waals surface area (Å²) in [5.74, 6) is -0.277. The van der Waals surface area contributed by atoms with Gasteiger partial charge in [0.2, 0.25) is 0 Å². The molecule has 0 radical (unpaired) electrons. The molecule has 0 bridgehead atoms. The van der Waals surface area contributed by atoms with Crippen LogP contribution in [-0.4, -0.2) is 40.4 Å². The Balaban J connectivity index is 1.73. The second kappa shape index (κ2) is 13.3. The van der Waals surface area contributed by atoms with E-state index >= 15 is 0 Å². The molecule has 0 aliphatic carbocycles. The Morgan fingerprint density at radius 1 is 0.762 bits per heavy atom. The Morgan fingerprint density at radius 3 is 1.90 bits per heavy atom. The number of aromatic hydroxyl groups is 4. The van der Waals surface area contributed by atoms with Crippen LogP contribution in [0.5, 0.6) is 34.5 Å². The lowest BCUT2D eigenvalue weighted by Crippen LogP contribution is -2.21. The molecule has 42 heavy (non-hydrogen) atoms. The number of hydrogen-bond donors (Lipinski definition) is 4. The molecule has 4 aromatic rings. The molecule has 0 fully saturated rings. The number of phenols is 4. The SMILES string of the molecule is COc1ccc(CCC(=O)c2c(OC)cc(O)c([C@H](c3ccc(O)cc3)[C@@H](C)[C@@H](C)Cc3ccc(O)cc3)c2O)cc1. The predicted octanol–water partition coefficient (Wildman–Crippen LogP) is 6.99. The normalized spacial score (nSPS) is 13.2. The van der Waals surface area contributed by atoms with E-state index in [9.17, 15) is 25.2 Å². The van der Waals surface area contributed by atoms with Gasteiger partial charge < -0.3 is 29.9 Å². The molecular formula is C35H38O7. The van der Waals surface area contributed by atoms with E-state index in [1.165, 1.54) is 13.2 Å². The summed E-state index contributed by atoms with van der Waals surface area (Å²) in [6.45, 7) is 4.13. The van der Waals surface area contributed by atoms with Crippen LogP contribution < -0.4 is 9.47 Å². The first-order valence-corrected chi connectivity index (χ1v) is 14.0. The fraction of sp³-hybridized carbons (Fsp3) is 0.286. The van der Waals surface area contributed by atoms with Crippen LogP contribution in [0.3, 0.4) is 0 Å². The molecule has 0 spiro atoms. The Labute approximate surface area is 246 Å². The van der Waals surface area contributed by atoms with Gasteiger partial charge in [-0.1, -0.05) is 50.2 Å². The molecule has 0 aliphatic heterocycles. The predicted molar refractivity (Wildman–Crippen MR) is 162 cm³/mol. The minimum Gasteiger partial charge on any atom is -0.508 e. The number of carbonyl (C=O) groups excluding carboxylic acids is 1. The van der Waals surface area contributed by atoms with Gasteiger partial charge in [0, 0.05) is 24.0 Å². The van der Waals surface area contributed by atoms with Gasteiger partial charge in [-0.15, -0.1) is 0 Å². The second-order valence-electron chi connectivity index (χ2n) is 10.8. The highest BCUT2D eigenvalue weighted by Crippen LogP contribution is 2.49. The molecule has 4 rings (SSSR count). The highest BCUT2D eigenvalue weighted by Gasteiger charge is 2.34. The van der Waals surface area contributed by atoms with Crippen molar-refractivity contribution < 1.29 is 34.7 Å². The van der Waals surface area contributed by atoms with E-state index < -0.39 is 5.92 Å². The molecule has 4 aromatic carbocycles. The summed E-state index contributed by atoms with van der Waals surface area (Å²) in [7, 11) is 2.99. The topological polar surface area (TPSA) is 116 Å². The summed E-state index contributed by atoms with van der Waals surface area (Å²) in [4.78, 5) is 13.6. The Hall–Kier alpha value is -4.65. The van der Waals surface area contributed by atoms with Crippen LogP contribution in [0, 0.1) is 11.8 Å². The summed E-state index contributed by atoms with van der Waals surface area (Å²) in [6.07, 6.45) is 1.25. The summed E-state index contributed by atoms with van der Waals surface area (Å²) in [5, 5.41) is 42.6. The number of phenolic OH excluding ortho intramolecular Hbond substituents is 4. The smallest absolute Gasteiger partial charge is 0.170 e. The van der Waals surface area contributed by atoms with Gasteiger partial charge in [0.05, 0.1) is 14.2 Å². The van der Waals surface area contributed by atoms with Crippen LogP contribution in [0.2, 0.25) is 0 Å². The van der Waals surface area contributed by atoms with E-state index in [-0.39, 0.29) is 63.9 Å². The average molecular weight is 571 g/mol. The van der Waals surface area contributed by atoms with E-state index in [0.29, 0.717) is 12.8 Å². The number of benzene rings is 4. The number of methoxy groups -OCH3 is 2. The molecular weight excluding hydrogens is 532 g/mol. The number of rotatable bonds is 12. The molecule has 0 aliphatic rings. The van der Waals surface area contributed by atoms with Crippen molar-refractivity contribution in [1.29, 1.82) is 0 Å². The maximum absolute atomic E-state index is 13.6. The molecule has 220 valence electrons. The summed E-state index contributed by atoms with van der Waals surface area (Å²) in [5.41, 5.74) is 3.01. The maximum atomic E-state index is 13.6. The van der Waals surface area contributed by atoms with Gasteiger partial charge in [-0.2, -0.15) is 0 Å². The minimum absolute atomic E-state index is 0.0287. The lowest BCUT2D eigenvalue weighted by molar-refractivity contribution is 0.0976. The average Bonchev–Trinajstić information content (AvgIpc) is 2.99. The van der Waals surface area contributed by atoms with Crippen molar-refractivity contribution >= 4 is 5.78 Å². The number of carbonyl (C=O) groups is 1. The second-order valence-corrected chi connectivity index (χ2v) is 10.8. The molecule has 0 saturated carbocycles. The highest BCUT2D eigenvalue weighted by atomic mass is 16.5. The zero-order valence-corrected chi connectivity index (χ0v) is 24.4. The lowest BCUT2D eigenvalue weighted by atomic mass is 9.73. The molecule has 0 aromatic heterocycles. The van der Waals surface area contributed by atoms with Gasteiger partial charge in [-0.05, 0) is 77.8 Å². The third-order valence-corrected chi connectivity index (χ3v) is 8.06. The van der Waals surface area contributed by atoms with E-state index in [1.807, 2.05) is 43.3 Å². The number of hydrogen-bond acceptors (Lipinski definition) is 7. The molecule has 0 unspecified atom stereocenters. The highest BCUT2D eigenvalue weighted by molar-refractivity contribution is 6.02. The monoisotopic (exact) mass is 570 g/mol. The number of aryl methyl sites for hydroxylation is 1. The van der Waals surface area contributed by atoms with Crippen LogP contribution in [0.25, 0.3) is 0 Å². The quantitative estimate of drug-likeness (QED) is 0.136. The van der Waals surface area contributed by atoms with Crippen LogP contribution in [0.1, 0.15) is 58.8 Å². The third-order valence-electron chi connectivity index (χ3n) is 8.06. The van der Waals surface area contributed by atoms with Crippen LogP contribution in [-0.2, 0) is 12.8 Å². The van der Waals surface area contributed by atoms with Crippen molar-refractivity contribution in [2.75, 3.05) is 14.2 Å². The van der Waals surface area contributed by atoms with Crippen molar-refractivity contribution in [1.82, 2.24) is 0 Å². The maximum Gasteiger partial charge on any atom is 0.170 e. The Morgan fingerprint density at radius 2 is 1.33 bits per heavy atom. The zero-order valence-electron chi connectivity index (χ0n) is 24.4. The summed E-state index contributed by atoms with van der Waals surface area (Å²) >= 11 is 0. The van der Waals surface area contributed by atoms with E-state index in [4.69, 9.17) is 9.47 Å². The fourth-order valence-corrected chi connectivity index (χ4v) is 5.49. The van der Waals surface area contributed by atoms with Crippen molar-refractivity contribution in [3.8, 4) is 34.5 Å². The molecule has 3 atom stereocenters. The lowest BCUT2D eigenvalue weighted by Gasteiger charge is -2.32. The van der Waals surface area contributed by atoms with Gasteiger partial charge in [-0.25, -0.2) is 0 Å². The molecule has 0 amide bonds. The molecule has 0 heterocycles. The Bertz CT molecular complexity index is 1490. The van der Waals surface area contributed by atoms with Crippen molar-refractivity contribution in [2.24, 2.45) is 11.8 Å². The number of ketones is 1. The molecule has 7 nitrogen and oxygen atoms in total. The van der Waals surface area contributed by atoms with Gasteiger partial charge in [-0.3, -0.25) is 4.79 Å². The summed E-state index contributed by atoms with van der Waals surface area (Å²) < 4.78 is 10.7. The van der Waals surface area contributed by atoms with E-state index in [2.05, 4.69) is 6.92 Å². The fourth-order valence-electron chi connectivity index (χ4n) is 5.49. The molecule has 4 N–H and O–H groups in total. The zero-order chi connectivity index (χ0) is 30.4. The van der Waals surface area contributed by atoms with Crippen LogP contribution in [0.15, 0.2) is 78.9 Å². The first-order valence-electron chi connectivity index (χ1n) is 14.0. The minimum atomic E-state index is -0.517. The first-order chi connectivity index (χ1) is 20.1. The van der Waals surface area contributed by atoms with Gasteiger partial charge in [0.25, 0.3) is 0 Å². The van der Waals surface area contributed by atoms with Gasteiger partial charge in [0.1, 0.15) is 40.1 Å². The van der Waals surface area contributed by atoms with Crippen LogP contribution in [0.4, 0.5) is 0 Å². The standard InChI is InChI=1S/C35H38O7/c1-21(19-24-5-12-26(36)13-6-24)22(2)32(25-10-14-27(37)15-11-25)34-30(39)20-31(42-4)33(35(34)40)29(38)18-9-23-7-16-28(41-3)17-8-23/h5-8,10-17,20-22,32,36-37,39-40H,9,18-19H2,1-4H3/t21-,22-,32-/m0/s1. The third kappa shape index (κ3) is 6.79. The largest absolute Gasteiger partial charge is 0.508 e. The van der Waals surface area contributed by atoms with Crippen molar-refractivity contribution in [3.63, 3.8) is 0 Å². The first kappa shape index (κ1) is 30.3. The van der Waals surface area contributed by atoms with Gasteiger partial charge in [0.15, 0.2) is 5.78 Å². The van der Waals surface area contributed by atoms with Crippen molar-refractivity contribution in [3.05, 3.63) is 107 Å².